The number of aromatic nitrogens is 6. The fourth-order valence-electron chi connectivity index (χ4n) is 3.44. The van der Waals surface area contributed by atoms with Crippen LogP contribution in [0.1, 0.15) is 24.7 Å². The van der Waals surface area contributed by atoms with Crippen molar-refractivity contribution in [2.75, 3.05) is 0 Å². The van der Waals surface area contributed by atoms with E-state index < -0.39 is 30.6 Å². The van der Waals surface area contributed by atoms with Gasteiger partial charge in [0.2, 0.25) is 0 Å². The monoisotopic (exact) mass is 542 g/mol. The molecule has 190 valence electrons. The maximum absolute atomic E-state index is 13.1. The number of halogens is 5. The number of alkyl halides is 3. The van der Waals surface area contributed by atoms with Gasteiger partial charge < -0.3 is 10.2 Å². The number of rotatable bonds is 7. The third-order valence-electron chi connectivity index (χ3n) is 5.15. The van der Waals surface area contributed by atoms with Gasteiger partial charge in [-0.2, -0.15) is 13.2 Å². The molecule has 0 radical (unpaired) electrons. The normalized spacial score (nSPS) is 13.7. The molecule has 0 saturated carbocycles. The fourth-order valence-corrected chi connectivity index (χ4v) is 3.75. The van der Waals surface area contributed by atoms with Crippen molar-refractivity contribution in [3.05, 3.63) is 80.7 Å². The smallest absolute Gasteiger partial charge is 0.385 e. The molecule has 0 aliphatic rings. The third-order valence-corrected chi connectivity index (χ3v) is 5.64. The van der Waals surface area contributed by atoms with E-state index in [4.69, 9.17) is 23.2 Å². The highest BCUT2D eigenvalue weighted by Crippen LogP contribution is 2.24. The lowest BCUT2D eigenvalue weighted by Crippen LogP contribution is -2.37. The van der Waals surface area contributed by atoms with Crippen LogP contribution in [0.4, 0.5) is 13.2 Å². The molecule has 0 spiro atoms. The van der Waals surface area contributed by atoms with Gasteiger partial charge in [0.05, 0.1) is 12.2 Å². The van der Waals surface area contributed by atoms with Gasteiger partial charge in [-0.3, -0.25) is 4.57 Å². The van der Waals surface area contributed by atoms with Gasteiger partial charge in [0.25, 0.3) is 0 Å². The van der Waals surface area contributed by atoms with Crippen molar-refractivity contribution >= 4 is 23.2 Å². The number of hydrogen-bond acceptors (Lipinski definition) is 6. The van der Waals surface area contributed by atoms with Crippen molar-refractivity contribution in [3.63, 3.8) is 0 Å². The number of aliphatic hydroxyl groups is 2. The van der Waals surface area contributed by atoms with E-state index in [1.165, 1.54) is 35.9 Å². The van der Waals surface area contributed by atoms with E-state index in [1.807, 2.05) is 0 Å². The molecule has 0 bridgehead atoms. The summed E-state index contributed by atoms with van der Waals surface area (Å²) in [6.45, 7) is 0.0956. The van der Waals surface area contributed by atoms with Crippen LogP contribution >= 0.6 is 23.2 Å². The topological polar surface area (TPSA) is 111 Å². The first kappa shape index (κ1) is 25.9. The van der Waals surface area contributed by atoms with Crippen LogP contribution in [0.2, 0.25) is 10.0 Å². The zero-order valence-electron chi connectivity index (χ0n) is 18.6. The predicted molar refractivity (Wildman–Crippen MR) is 125 cm³/mol. The quantitative estimate of drug-likeness (QED) is 0.369. The standard InChI is InChI=1S/C22H19Cl2F3N6O3/c1-12(34)19-28-18(29-33(19)16-4-2-3-15(24)9-16)11-32-21(36)31(10-17(35)22(25,26)27)20(30-32)13-5-7-14(23)8-6-13/h2-9,12,17,34-35H,10-11H2,1H3/t12?,17-/m0/s1. The molecule has 2 aromatic carbocycles. The van der Waals surface area contributed by atoms with Crippen LogP contribution in [0.3, 0.4) is 0 Å². The lowest BCUT2D eigenvalue weighted by molar-refractivity contribution is -0.207. The van der Waals surface area contributed by atoms with Gasteiger partial charge in [-0.25, -0.2) is 19.1 Å². The highest BCUT2D eigenvalue weighted by Gasteiger charge is 2.39. The first-order valence-corrected chi connectivity index (χ1v) is 11.3. The number of benzene rings is 2. The van der Waals surface area contributed by atoms with Crippen molar-refractivity contribution in [2.45, 2.75) is 38.4 Å². The highest BCUT2D eigenvalue weighted by atomic mass is 35.5. The van der Waals surface area contributed by atoms with Gasteiger partial charge in [0.15, 0.2) is 23.6 Å². The van der Waals surface area contributed by atoms with Gasteiger partial charge in [-0.15, -0.1) is 10.2 Å². The Morgan fingerprint density at radius 1 is 1.03 bits per heavy atom. The average Bonchev–Trinajstić information content (AvgIpc) is 3.36. The van der Waals surface area contributed by atoms with Crippen LogP contribution < -0.4 is 5.69 Å². The summed E-state index contributed by atoms with van der Waals surface area (Å²) in [7, 11) is 0. The summed E-state index contributed by atoms with van der Waals surface area (Å²) in [6, 6.07) is 12.6. The summed E-state index contributed by atoms with van der Waals surface area (Å²) in [5.74, 6) is 0.117. The molecule has 0 fully saturated rings. The molecule has 0 saturated heterocycles. The second-order valence-corrected chi connectivity index (χ2v) is 8.77. The lowest BCUT2D eigenvalue weighted by atomic mass is 10.2. The summed E-state index contributed by atoms with van der Waals surface area (Å²) in [5.41, 5.74) is -0.0992. The van der Waals surface area contributed by atoms with Crippen LogP contribution in [-0.2, 0) is 13.1 Å². The van der Waals surface area contributed by atoms with E-state index in [0.717, 1.165) is 9.25 Å². The molecule has 2 heterocycles. The van der Waals surface area contributed by atoms with E-state index in [9.17, 15) is 28.2 Å². The molecule has 2 aromatic heterocycles. The summed E-state index contributed by atoms with van der Waals surface area (Å²) < 4.78 is 42.1. The van der Waals surface area contributed by atoms with Gasteiger partial charge in [-0.1, -0.05) is 29.3 Å². The van der Waals surface area contributed by atoms with Crippen LogP contribution in [0.25, 0.3) is 17.1 Å². The van der Waals surface area contributed by atoms with Crippen LogP contribution in [0.5, 0.6) is 0 Å². The van der Waals surface area contributed by atoms with E-state index in [1.54, 1.807) is 24.3 Å². The Labute approximate surface area is 212 Å². The molecule has 4 rings (SSSR count). The Morgan fingerprint density at radius 2 is 1.72 bits per heavy atom. The molecule has 0 amide bonds. The number of aliphatic hydroxyl groups excluding tert-OH is 2. The molecule has 36 heavy (non-hydrogen) atoms. The van der Waals surface area contributed by atoms with E-state index in [-0.39, 0.29) is 24.0 Å². The summed E-state index contributed by atoms with van der Waals surface area (Å²) in [6.07, 6.45) is -8.77. The third kappa shape index (κ3) is 5.46. The minimum Gasteiger partial charge on any atom is -0.385 e. The van der Waals surface area contributed by atoms with Crippen LogP contribution in [0.15, 0.2) is 53.3 Å². The summed E-state index contributed by atoms with van der Waals surface area (Å²) in [5, 5.41) is 29.1. The van der Waals surface area contributed by atoms with Crippen molar-refractivity contribution in [1.82, 2.24) is 29.1 Å². The van der Waals surface area contributed by atoms with Crippen molar-refractivity contribution in [3.8, 4) is 17.1 Å². The Kier molecular flexibility index (Phi) is 7.23. The first-order valence-electron chi connectivity index (χ1n) is 10.5. The van der Waals surface area contributed by atoms with Crippen molar-refractivity contribution in [2.24, 2.45) is 0 Å². The van der Waals surface area contributed by atoms with Gasteiger partial charge >= 0.3 is 11.9 Å². The molecular formula is C22H19Cl2F3N6O3. The van der Waals surface area contributed by atoms with Crippen LogP contribution in [0, 0.1) is 0 Å². The molecule has 0 aliphatic carbocycles. The maximum atomic E-state index is 13.1. The Morgan fingerprint density at radius 3 is 2.33 bits per heavy atom. The molecule has 2 N–H and O–H groups in total. The Bertz CT molecular complexity index is 1430. The Hall–Kier alpha value is -3.19. The minimum atomic E-state index is -4.94. The molecule has 9 nitrogen and oxygen atoms in total. The predicted octanol–water partition coefficient (Wildman–Crippen LogP) is 3.62. The van der Waals surface area contributed by atoms with Crippen molar-refractivity contribution < 1.29 is 23.4 Å². The molecule has 4 aromatic rings. The van der Waals surface area contributed by atoms with Gasteiger partial charge in [0, 0.05) is 15.6 Å². The SMILES string of the molecule is CC(O)c1nc(Cn2nc(-c3ccc(Cl)cc3)n(C[C@H](O)C(F)(F)F)c2=O)nn1-c1cccc(Cl)c1. The zero-order chi connectivity index (χ0) is 26.2. The van der Waals surface area contributed by atoms with Gasteiger partial charge in [-0.05, 0) is 49.4 Å². The van der Waals surface area contributed by atoms with Gasteiger partial charge in [0.1, 0.15) is 12.6 Å². The van der Waals surface area contributed by atoms with E-state index >= 15 is 0 Å². The minimum absolute atomic E-state index is 0.0663. The maximum Gasteiger partial charge on any atom is 0.416 e. The fraction of sp³-hybridized carbons (Fsp3) is 0.273. The largest absolute Gasteiger partial charge is 0.416 e. The first-order chi connectivity index (χ1) is 16.9. The molecular weight excluding hydrogens is 524 g/mol. The summed E-state index contributed by atoms with van der Waals surface area (Å²) >= 11 is 12.0. The highest BCUT2D eigenvalue weighted by molar-refractivity contribution is 6.31. The zero-order valence-corrected chi connectivity index (χ0v) is 20.1. The van der Waals surface area contributed by atoms with Crippen molar-refractivity contribution in [1.29, 1.82) is 0 Å². The second kappa shape index (κ2) is 10.1. The molecule has 1 unspecified atom stereocenters. The van der Waals surface area contributed by atoms with E-state index in [2.05, 4.69) is 15.2 Å². The summed E-state index contributed by atoms with van der Waals surface area (Å²) in [4.78, 5) is 17.3. The van der Waals surface area contributed by atoms with Crippen LogP contribution in [-0.4, -0.2) is 51.6 Å². The number of nitrogens with zero attached hydrogens (tertiary/aromatic N) is 6. The Balaban J connectivity index is 1.77. The molecule has 2 atom stereocenters. The average molecular weight is 543 g/mol. The van der Waals surface area contributed by atoms with E-state index in [0.29, 0.717) is 21.3 Å². The lowest BCUT2D eigenvalue weighted by Gasteiger charge is -2.15. The number of hydrogen-bond donors (Lipinski definition) is 2. The molecule has 14 heteroatoms. The second-order valence-electron chi connectivity index (χ2n) is 7.89. The molecule has 0 aliphatic heterocycles.